The van der Waals surface area contributed by atoms with Gasteiger partial charge in [0.05, 0.1) is 9.75 Å². The van der Waals surface area contributed by atoms with E-state index in [2.05, 4.69) is 60.7 Å². The summed E-state index contributed by atoms with van der Waals surface area (Å²) >= 11 is 3.61. The molecule has 4 heteroatoms. The van der Waals surface area contributed by atoms with E-state index in [1.165, 1.54) is 51.5 Å². The molecule has 0 aliphatic rings. The third-order valence-corrected chi connectivity index (χ3v) is 8.52. The lowest BCUT2D eigenvalue weighted by Gasteiger charge is -2.06. The molecule has 0 bridgehead atoms. The van der Waals surface area contributed by atoms with Crippen LogP contribution in [0.25, 0.3) is 63.0 Å². The van der Waals surface area contributed by atoms with E-state index in [1.54, 1.807) is 22.7 Å². The number of aryl methyl sites for hydroxylation is 2. The molecule has 3 aromatic carbocycles. The second-order valence-corrected chi connectivity index (χ2v) is 10.4. The highest BCUT2D eigenvalue weighted by molar-refractivity contribution is 7.23. The van der Waals surface area contributed by atoms with Crippen molar-refractivity contribution >= 4 is 64.4 Å². The molecular weight excluding hydrogens is 432 g/mol. The Morgan fingerprint density at radius 1 is 0.500 bits per heavy atom. The van der Waals surface area contributed by atoms with Gasteiger partial charge in [-0.25, -0.2) is 0 Å². The van der Waals surface area contributed by atoms with Gasteiger partial charge in [-0.2, -0.15) is 0 Å². The smallest absolute Gasteiger partial charge is 0.144 e. The lowest BCUT2D eigenvalue weighted by atomic mass is 10.00. The highest BCUT2D eigenvalue weighted by Crippen LogP contribution is 2.43. The lowest BCUT2D eigenvalue weighted by molar-refractivity contribution is 0.549. The molecule has 4 heterocycles. The van der Waals surface area contributed by atoms with Gasteiger partial charge >= 0.3 is 0 Å². The van der Waals surface area contributed by atoms with Gasteiger partial charge in [0.25, 0.3) is 0 Å². The number of rotatable bonds is 2. The number of hydrogen-bond acceptors (Lipinski definition) is 4. The van der Waals surface area contributed by atoms with Gasteiger partial charge in [0.1, 0.15) is 23.0 Å². The Morgan fingerprint density at radius 3 is 1.34 bits per heavy atom. The SMILES string of the molecule is Cc1ccc(-c2cc3ccc4c5ccc6cc(-c7ccc(C)o7)sc6c5ccc4c3s2)o1. The predicted octanol–water partition coefficient (Wildman–Crippen LogP) is 9.56. The Hall–Kier alpha value is -3.34. The topological polar surface area (TPSA) is 26.3 Å². The van der Waals surface area contributed by atoms with E-state index in [4.69, 9.17) is 8.83 Å². The van der Waals surface area contributed by atoms with E-state index in [1.807, 2.05) is 26.0 Å². The quantitative estimate of drug-likeness (QED) is 0.245. The molecule has 0 atom stereocenters. The van der Waals surface area contributed by atoms with Crippen LogP contribution < -0.4 is 0 Å². The molecule has 0 saturated carbocycles. The molecule has 0 unspecified atom stereocenters. The van der Waals surface area contributed by atoms with Crippen LogP contribution in [0, 0.1) is 13.8 Å². The second kappa shape index (κ2) is 6.58. The Kier molecular flexibility index (Phi) is 3.75. The first-order valence-electron chi connectivity index (χ1n) is 10.6. The van der Waals surface area contributed by atoms with Crippen molar-refractivity contribution in [3.63, 3.8) is 0 Å². The van der Waals surface area contributed by atoms with Crippen LogP contribution in [0.2, 0.25) is 0 Å². The summed E-state index contributed by atoms with van der Waals surface area (Å²) in [5, 5.41) is 7.71. The Balaban J connectivity index is 1.46. The molecule has 0 aliphatic carbocycles. The van der Waals surface area contributed by atoms with Crippen molar-refractivity contribution in [1.82, 2.24) is 0 Å². The van der Waals surface area contributed by atoms with E-state index in [0.29, 0.717) is 0 Å². The van der Waals surface area contributed by atoms with Gasteiger partial charge in [-0.1, -0.05) is 36.4 Å². The Labute approximate surface area is 192 Å². The monoisotopic (exact) mass is 450 g/mol. The van der Waals surface area contributed by atoms with Gasteiger partial charge in [-0.3, -0.25) is 0 Å². The zero-order valence-electron chi connectivity index (χ0n) is 17.6. The minimum atomic E-state index is 0.942. The fourth-order valence-corrected chi connectivity index (χ4v) is 6.89. The van der Waals surface area contributed by atoms with Gasteiger partial charge in [-0.05, 0) is 71.8 Å². The molecule has 32 heavy (non-hydrogen) atoms. The van der Waals surface area contributed by atoms with E-state index < -0.39 is 0 Å². The highest BCUT2D eigenvalue weighted by Gasteiger charge is 2.14. The zero-order chi connectivity index (χ0) is 21.4. The molecule has 7 rings (SSSR count). The lowest BCUT2D eigenvalue weighted by Crippen LogP contribution is -1.78. The standard InChI is InChI=1S/C28H18O2S2/c1-15-3-11-23(29-15)25-13-17-5-7-19-20-8-6-18-14-26(24-12-4-16(2)30-24)32-28(18)22(20)10-9-21(19)27(17)31-25/h3-14H,1-2H3. The number of furan rings is 2. The van der Waals surface area contributed by atoms with Crippen molar-refractivity contribution < 1.29 is 8.83 Å². The zero-order valence-corrected chi connectivity index (χ0v) is 19.2. The minimum absolute atomic E-state index is 0.942. The third kappa shape index (κ3) is 2.63. The number of thiophene rings is 2. The molecule has 0 amide bonds. The largest absolute Gasteiger partial charge is 0.461 e. The van der Waals surface area contributed by atoms with Crippen molar-refractivity contribution in [3.8, 4) is 21.3 Å². The second-order valence-electron chi connectivity index (χ2n) is 8.27. The van der Waals surface area contributed by atoms with Crippen LogP contribution in [0.15, 0.2) is 81.6 Å². The molecule has 0 spiro atoms. The summed E-state index contributed by atoms with van der Waals surface area (Å²) in [5.74, 6) is 3.77. The van der Waals surface area contributed by atoms with E-state index in [0.717, 1.165) is 23.0 Å². The fraction of sp³-hybridized carbons (Fsp3) is 0.0714. The van der Waals surface area contributed by atoms with Crippen molar-refractivity contribution in [3.05, 3.63) is 84.3 Å². The number of benzene rings is 3. The highest BCUT2D eigenvalue weighted by atomic mass is 32.1. The molecule has 0 radical (unpaired) electrons. The van der Waals surface area contributed by atoms with Gasteiger partial charge < -0.3 is 8.83 Å². The van der Waals surface area contributed by atoms with Crippen molar-refractivity contribution in [2.45, 2.75) is 13.8 Å². The maximum absolute atomic E-state index is 5.87. The van der Waals surface area contributed by atoms with Gasteiger partial charge in [-0.15, -0.1) is 22.7 Å². The van der Waals surface area contributed by atoms with Crippen LogP contribution in [0.3, 0.4) is 0 Å². The molecule has 0 fully saturated rings. The summed E-state index contributed by atoms with van der Waals surface area (Å²) in [4.78, 5) is 2.35. The van der Waals surface area contributed by atoms with Crippen LogP contribution in [0.4, 0.5) is 0 Å². The Bertz CT molecular complexity index is 1670. The molecule has 4 aromatic heterocycles. The first-order chi connectivity index (χ1) is 15.6. The molecule has 0 saturated heterocycles. The molecular formula is C28H18O2S2. The van der Waals surface area contributed by atoms with Crippen molar-refractivity contribution in [1.29, 1.82) is 0 Å². The van der Waals surface area contributed by atoms with E-state index in [9.17, 15) is 0 Å². The summed E-state index contributed by atoms with van der Waals surface area (Å²) in [7, 11) is 0. The molecule has 154 valence electrons. The van der Waals surface area contributed by atoms with Crippen LogP contribution >= 0.6 is 22.7 Å². The first kappa shape index (κ1) is 18.3. The Morgan fingerprint density at radius 2 is 0.938 bits per heavy atom. The van der Waals surface area contributed by atoms with E-state index >= 15 is 0 Å². The summed E-state index contributed by atoms with van der Waals surface area (Å²) < 4.78 is 14.4. The number of hydrogen-bond donors (Lipinski definition) is 0. The number of fused-ring (bicyclic) bond motifs is 7. The van der Waals surface area contributed by atoms with Gasteiger partial charge in [0, 0.05) is 20.2 Å². The minimum Gasteiger partial charge on any atom is -0.461 e. The fourth-order valence-electron chi connectivity index (χ4n) is 4.59. The van der Waals surface area contributed by atoms with Crippen LogP contribution in [0.1, 0.15) is 11.5 Å². The molecule has 7 aromatic rings. The normalized spacial score (nSPS) is 12.1. The van der Waals surface area contributed by atoms with Gasteiger partial charge in [0.15, 0.2) is 0 Å². The van der Waals surface area contributed by atoms with E-state index in [-0.39, 0.29) is 0 Å². The van der Waals surface area contributed by atoms with Crippen molar-refractivity contribution in [2.75, 3.05) is 0 Å². The first-order valence-corrected chi connectivity index (χ1v) is 12.2. The third-order valence-electron chi connectivity index (χ3n) is 6.12. The molecule has 0 aliphatic heterocycles. The van der Waals surface area contributed by atoms with Crippen LogP contribution in [0.5, 0.6) is 0 Å². The van der Waals surface area contributed by atoms with Crippen molar-refractivity contribution in [2.24, 2.45) is 0 Å². The predicted molar refractivity (Wildman–Crippen MR) is 137 cm³/mol. The summed E-state index contributed by atoms with van der Waals surface area (Å²) in [5.41, 5.74) is 0. The average Bonchev–Trinajstić information content (AvgIpc) is 3.57. The summed E-state index contributed by atoms with van der Waals surface area (Å²) in [6.07, 6.45) is 0. The maximum atomic E-state index is 5.87. The summed E-state index contributed by atoms with van der Waals surface area (Å²) in [6.45, 7) is 3.98. The molecule has 0 N–H and O–H groups in total. The van der Waals surface area contributed by atoms with Crippen LogP contribution in [-0.4, -0.2) is 0 Å². The summed E-state index contributed by atoms with van der Waals surface area (Å²) in [6, 6.07) is 26.2. The maximum Gasteiger partial charge on any atom is 0.144 e. The van der Waals surface area contributed by atoms with Gasteiger partial charge in [0.2, 0.25) is 0 Å². The average molecular weight is 451 g/mol. The van der Waals surface area contributed by atoms with Crippen LogP contribution in [-0.2, 0) is 0 Å². The molecule has 2 nitrogen and oxygen atoms in total.